The van der Waals surface area contributed by atoms with Crippen LogP contribution in [0.1, 0.15) is 35.3 Å². The number of amides is 3. The number of fused-ring (bicyclic) bond motifs is 1. The van der Waals surface area contributed by atoms with Gasteiger partial charge in [-0.05, 0) is 72.4 Å². The number of aliphatic hydroxyl groups is 1. The standard InChI is InChI=1S/C34H41N9O5/c1-22-16-43(23(2)20-44)33(46)15-26-14-27(37-32(45)19-42-21-36-39-40-42)12-13-30(26)48-31(22)18-41(3)17-24-8-10-25(11-9-24)34(47)38-29-7-5-4-6-28(29)35/h4-14,21-23,31,44H,15-20,35H2,1-3H3,(H,37,45)(H,38,47)/t22-,23+,31+/m0/s1. The van der Waals surface area contributed by atoms with Crippen molar-refractivity contribution in [2.24, 2.45) is 5.92 Å². The highest BCUT2D eigenvalue weighted by molar-refractivity contribution is 6.05. The fourth-order valence-corrected chi connectivity index (χ4v) is 5.58. The molecule has 1 aromatic heterocycles. The quantitative estimate of drug-likeness (QED) is 0.175. The molecular formula is C34H41N9O5. The van der Waals surface area contributed by atoms with Crippen LogP contribution in [0, 0.1) is 5.92 Å². The molecule has 0 unspecified atom stereocenters. The number of likely N-dealkylation sites (N-methyl/N-ethyl adjacent to an activating group) is 1. The second-order valence-electron chi connectivity index (χ2n) is 12.2. The molecule has 0 fully saturated rings. The van der Waals surface area contributed by atoms with Crippen LogP contribution in [0.5, 0.6) is 5.75 Å². The Morgan fingerprint density at radius 3 is 2.60 bits per heavy atom. The molecule has 48 heavy (non-hydrogen) atoms. The van der Waals surface area contributed by atoms with Crippen LogP contribution >= 0.6 is 0 Å². The number of hydrogen-bond donors (Lipinski definition) is 4. The third kappa shape index (κ3) is 8.72. The minimum absolute atomic E-state index is 0.0441. The van der Waals surface area contributed by atoms with Crippen molar-refractivity contribution in [2.75, 3.05) is 43.1 Å². The molecule has 1 aliphatic heterocycles. The summed E-state index contributed by atoms with van der Waals surface area (Å²) in [5.74, 6) is -0.233. The van der Waals surface area contributed by atoms with E-state index in [0.717, 1.165) is 5.56 Å². The molecule has 14 nitrogen and oxygen atoms in total. The molecule has 2 heterocycles. The lowest BCUT2D eigenvalue weighted by Gasteiger charge is -2.34. The number of nitrogens with one attached hydrogen (secondary N) is 2. The highest BCUT2D eigenvalue weighted by Gasteiger charge is 2.31. The zero-order valence-electron chi connectivity index (χ0n) is 27.2. The van der Waals surface area contributed by atoms with Gasteiger partial charge in [-0.3, -0.25) is 19.3 Å². The summed E-state index contributed by atoms with van der Waals surface area (Å²) in [6.45, 7) is 5.15. The van der Waals surface area contributed by atoms with E-state index in [-0.39, 0.29) is 55.4 Å². The fourth-order valence-electron chi connectivity index (χ4n) is 5.58. The smallest absolute Gasteiger partial charge is 0.255 e. The first-order valence-corrected chi connectivity index (χ1v) is 15.7. The van der Waals surface area contributed by atoms with Gasteiger partial charge in [0.05, 0.1) is 30.4 Å². The number of benzene rings is 3. The maximum Gasteiger partial charge on any atom is 0.255 e. The van der Waals surface area contributed by atoms with E-state index in [1.165, 1.54) is 11.0 Å². The number of anilines is 3. The van der Waals surface area contributed by atoms with Gasteiger partial charge in [-0.15, -0.1) is 5.10 Å². The van der Waals surface area contributed by atoms with Crippen molar-refractivity contribution in [2.45, 2.75) is 45.5 Å². The number of ether oxygens (including phenoxy) is 1. The van der Waals surface area contributed by atoms with Gasteiger partial charge in [0.15, 0.2) is 0 Å². The number of tetrazole rings is 1. The van der Waals surface area contributed by atoms with Crippen LogP contribution in [-0.2, 0) is 29.1 Å². The Kier molecular flexibility index (Phi) is 11.0. The lowest BCUT2D eigenvalue weighted by molar-refractivity contribution is -0.134. The topological polar surface area (TPSA) is 181 Å². The van der Waals surface area contributed by atoms with Crippen molar-refractivity contribution in [3.63, 3.8) is 0 Å². The summed E-state index contributed by atoms with van der Waals surface area (Å²) < 4.78 is 7.93. The number of hydrogen-bond acceptors (Lipinski definition) is 10. The number of carbonyl (C=O) groups is 3. The summed E-state index contributed by atoms with van der Waals surface area (Å²) in [6.07, 6.45) is 1.08. The summed E-state index contributed by atoms with van der Waals surface area (Å²) in [7, 11) is 1.99. The van der Waals surface area contributed by atoms with Crippen molar-refractivity contribution < 1.29 is 24.2 Å². The Balaban J connectivity index is 1.29. The van der Waals surface area contributed by atoms with Crippen molar-refractivity contribution in [1.29, 1.82) is 0 Å². The minimum Gasteiger partial charge on any atom is -0.488 e. The second-order valence-corrected chi connectivity index (χ2v) is 12.2. The van der Waals surface area contributed by atoms with Gasteiger partial charge in [0.25, 0.3) is 5.91 Å². The molecule has 0 bridgehead atoms. The number of aliphatic hydroxyl groups excluding tert-OH is 1. The minimum atomic E-state index is -0.381. The monoisotopic (exact) mass is 655 g/mol. The molecule has 5 rings (SSSR count). The van der Waals surface area contributed by atoms with E-state index in [4.69, 9.17) is 10.5 Å². The molecule has 3 aromatic carbocycles. The lowest BCUT2D eigenvalue weighted by atomic mass is 10.0. The fraction of sp³-hybridized carbons (Fsp3) is 0.353. The molecule has 0 radical (unpaired) electrons. The third-order valence-corrected chi connectivity index (χ3v) is 8.27. The average Bonchev–Trinajstić information content (AvgIpc) is 3.58. The third-order valence-electron chi connectivity index (χ3n) is 8.27. The van der Waals surface area contributed by atoms with Crippen molar-refractivity contribution in [1.82, 2.24) is 30.0 Å². The Morgan fingerprint density at radius 1 is 1.12 bits per heavy atom. The van der Waals surface area contributed by atoms with Gasteiger partial charge in [0.2, 0.25) is 11.8 Å². The van der Waals surface area contributed by atoms with E-state index >= 15 is 0 Å². The van der Waals surface area contributed by atoms with Gasteiger partial charge in [-0.1, -0.05) is 31.2 Å². The molecule has 14 heteroatoms. The van der Waals surface area contributed by atoms with Crippen LogP contribution in [0.25, 0.3) is 0 Å². The highest BCUT2D eigenvalue weighted by Crippen LogP contribution is 2.29. The predicted molar refractivity (Wildman–Crippen MR) is 180 cm³/mol. The van der Waals surface area contributed by atoms with Gasteiger partial charge in [-0.25, -0.2) is 4.68 Å². The van der Waals surface area contributed by atoms with Gasteiger partial charge in [0.1, 0.15) is 24.7 Å². The first-order valence-electron chi connectivity index (χ1n) is 15.7. The summed E-state index contributed by atoms with van der Waals surface area (Å²) in [6, 6.07) is 19.4. The maximum absolute atomic E-state index is 13.5. The predicted octanol–water partition coefficient (Wildman–Crippen LogP) is 2.43. The Hall–Kier alpha value is -5.34. The summed E-state index contributed by atoms with van der Waals surface area (Å²) >= 11 is 0. The molecule has 3 amide bonds. The molecule has 0 saturated carbocycles. The molecule has 0 spiro atoms. The lowest BCUT2D eigenvalue weighted by Crippen LogP contribution is -2.47. The van der Waals surface area contributed by atoms with E-state index < -0.39 is 0 Å². The zero-order valence-corrected chi connectivity index (χ0v) is 27.2. The van der Waals surface area contributed by atoms with Gasteiger partial charge >= 0.3 is 0 Å². The van der Waals surface area contributed by atoms with Gasteiger partial charge in [0, 0.05) is 42.4 Å². The maximum atomic E-state index is 13.5. The van der Waals surface area contributed by atoms with Crippen LogP contribution in [0.3, 0.4) is 0 Å². The van der Waals surface area contributed by atoms with E-state index in [1.807, 2.05) is 45.2 Å². The number of rotatable bonds is 11. The largest absolute Gasteiger partial charge is 0.488 e. The Labute approximate surface area is 278 Å². The molecule has 1 aliphatic rings. The Bertz CT molecular complexity index is 1710. The van der Waals surface area contributed by atoms with Crippen molar-refractivity contribution >= 4 is 34.8 Å². The number of nitrogens with two attached hydrogens (primary N) is 1. The molecule has 5 N–H and O–H groups in total. The summed E-state index contributed by atoms with van der Waals surface area (Å²) in [4.78, 5) is 42.7. The molecule has 252 valence electrons. The zero-order chi connectivity index (χ0) is 34.2. The van der Waals surface area contributed by atoms with E-state index in [0.29, 0.717) is 53.6 Å². The first-order chi connectivity index (χ1) is 23.1. The van der Waals surface area contributed by atoms with Gasteiger partial charge in [-0.2, -0.15) is 0 Å². The van der Waals surface area contributed by atoms with Crippen LogP contribution in [-0.4, -0.2) is 91.7 Å². The summed E-state index contributed by atoms with van der Waals surface area (Å²) in [5.41, 5.74) is 9.69. The first kappa shape index (κ1) is 34.0. The molecule has 0 saturated heterocycles. The van der Waals surface area contributed by atoms with Gasteiger partial charge < -0.3 is 31.1 Å². The number of carbonyl (C=O) groups excluding carboxylic acids is 3. The molecule has 0 aliphatic carbocycles. The molecule has 3 atom stereocenters. The molecular weight excluding hydrogens is 614 g/mol. The number of para-hydroxylation sites is 2. The molecule has 4 aromatic rings. The Morgan fingerprint density at radius 2 is 1.90 bits per heavy atom. The number of aromatic nitrogens is 4. The SMILES string of the molecule is C[C@H](CO)N1C[C@H](C)[C@@H](CN(C)Cc2ccc(C(=O)Nc3ccccc3N)cc2)Oc2ccc(NC(=O)Cn3cnnn3)cc2CC1=O. The number of nitrogen functional groups attached to an aromatic ring is 1. The summed E-state index contributed by atoms with van der Waals surface area (Å²) in [5, 5.41) is 26.4. The van der Waals surface area contributed by atoms with Crippen LogP contribution in [0.15, 0.2) is 73.1 Å². The normalized spacial score (nSPS) is 17.0. The number of nitrogens with zero attached hydrogens (tertiary/aromatic N) is 6. The van der Waals surface area contributed by atoms with Crippen LogP contribution in [0.2, 0.25) is 0 Å². The van der Waals surface area contributed by atoms with E-state index in [2.05, 4.69) is 31.1 Å². The van der Waals surface area contributed by atoms with E-state index in [9.17, 15) is 19.5 Å². The highest BCUT2D eigenvalue weighted by atomic mass is 16.5. The average molecular weight is 656 g/mol. The van der Waals surface area contributed by atoms with Crippen LogP contribution < -0.4 is 21.1 Å². The van der Waals surface area contributed by atoms with Crippen molar-refractivity contribution in [3.05, 3.63) is 89.7 Å². The van der Waals surface area contributed by atoms with E-state index in [1.54, 1.807) is 47.4 Å². The van der Waals surface area contributed by atoms with Crippen LogP contribution in [0.4, 0.5) is 17.1 Å². The van der Waals surface area contributed by atoms with Crippen molar-refractivity contribution in [3.8, 4) is 5.75 Å². The second kappa shape index (κ2) is 15.5.